The highest BCUT2D eigenvalue weighted by Gasteiger charge is 2.29. The van der Waals surface area contributed by atoms with Crippen LogP contribution in [-0.2, 0) is 0 Å². The van der Waals surface area contributed by atoms with E-state index < -0.39 is 0 Å². The predicted octanol–water partition coefficient (Wildman–Crippen LogP) is 2.23. The summed E-state index contributed by atoms with van der Waals surface area (Å²) < 4.78 is 0.374. The number of rotatable bonds is 2. The molecule has 0 saturated carbocycles. The highest BCUT2D eigenvalue weighted by atomic mass is 32.2. The third-order valence-corrected chi connectivity index (χ3v) is 3.68. The van der Waals surface area contributed by atoms with E-state index in [1.54, 1.807) is 0 Å². The molecule has 0 amide bonds. The van der Waals surface area contributed by atoms with Gasteiger partial charge in [-0.15, -0.1) is 0 Å². The van der Waals surface area contributed by atoms with Gasteiger partial charge in [0.1, 0.15) is 0 Å². The summed E-state index contributed by atoms with van der Waals surface area (Å²) in [5.74, 6) is 0.283. The zero-order chi connectivity index (χ0) is 10.1. The van der Waals surface area contributed by atoms with E-state index in [1.165, 1.54) is 6.42 Å². The van der Waals surface area contributed by atoms with Crippen molar-refractivity contribution in [3.05, 3.63) is 0 Å². The molecule has 0 spiro atoms. The first-order chi connectivity index (χ1) is 5.88. The van der Waals surface area contributed by atoms with Crippen LogP contribution >= 0.6 is 11.8 Å². The van der Waals surface area contributed by atoms with Crippen molar-refractivity contribution in [2.45, 2.75) is 56.0 Å². The topological polar surface area (TPSA) is 12.0 Å². The second-order valence-electron chi connectivity index (χ2n) is 4.96. The average molecular weight is 197 g/mol. The fourth-order valence-electron chi connectivity index (χ4n) is 1.72. The molecule has 1 heterocycles. The van der Waals surface area contributed by atoms with E-state index in [0.29, 0.717) is 10.8 Å². The summed E-state index contributed by atoms with van der Waals surface area (Å²) >= 11 is 2.07. The van der Waals surface area contributed by atoms with E-state index in [-0.39, 0.29) is 5.82 Å². The zero-order valence-electron chi connectivity index (χ0n) is 9.13. The Labute approximate surface area is 87.8 Å². The van der Waals surface area contributed by atoms with Crippen LogP contribution in [0.1, 0.15) is 34.1 Å². The molecule has 0 aromatic heterocycles. The lowest BCUT2D eigenvalue weighted by atomic mass is 9.82. The lowest BCUT2D eigenvalue weighted by molar-refractivity contribution is 0.587. The smallest absolute Gasteiger partial charge is 0.0716 e. The van der Waals surface area contributed by atoms with Crippen LogP contribution in [0.2, 0.25) is 5.82 Å². The average Bonchev–Trinajstić information content (AvgIpc) is 2.31. The summed E-state index contributed by atoms with van der Waals surface area (Å²) in [5.41, 5.74) is 0. The van der Waals surface area contributed by atoms with Crippen molar-refractivity contribution in [2.75, 3.05) is 6.54 Å². The number of hydrogen-bond acceptors (Lipinski definition) is 2. The normalized spacial score (nSPS) is 32.0. The van der Waals surface area contributed by atoms with E-state index in [4.69, 9.17) is 7.85 Å². The quantitative estimate of drug-likeness (QED) is 0.681. The summed E-state index contributed by atoms with van der Waals surface area (Å²) in [6.07, 6.45) is 1.22. The van der Waals surface area contributed by atoms with E-state index in [9.17, 15) is 0 Å². The maximum atomic E-state index is 5.85. The molecule has 0 aliphatic carbocycles. The summed E-state index contributed by atoms with van der Waals surface area (Å²) in [6.45, 7) is 10.0. The minimum Gasteiger partial charge on any atom is -0.313 e. The molecule has 2 unspecified atom stereocenters. The van der Waals surface area contributed by atoms with Crippen LogP contribution < -0.4 is 5.32 Å². The summed E-state index contributed by atoms with van der Waals surface area (Å²) in [5, 5.41) is 4.23. The molecule has 1 nitrogen and oxygen atoms in total. The second-order valence-corrected chi connectivity index (χ2v) is 7.09. The van der Waals surface area contributed by atoms with Gasteiger partial charge < -0.3 is 5.32 Å². The van der Waals surface area contributed by atoms with Gasteiger partial charge in [0, 0.05) is 22.6 Å². The first-order valence-corrected chi connectivity index (χ1v) is 5.93. The van der Waals surface area contributed by atoms with Crippen LogP contribution in [-0.4, -0.2) is 30.4 Å². The molecule has 74 valence electrons. The van der Waals surface area contributed by atoms with Crippen LogP contribution in [0.3, 0.4) is 0 Å². The molecule has 1 aliphatic rings. The Morgan fingerprint density at radius 3 is 2.46 bits per heavy atom. The molecule has 2 radical (unpaired) electrons. The lowest BCUT2D eigenvalue weighted by Crippen LogP contribution is -2.25. The number of nitrogens with one attached hydrogen (secondary N) is 1. The van der Waals surface area contributed by atoms with Gasteiger partial charge in [-0.05, 0) is 6.42 Å². The zero-order valence-corrected chi connectivity index (χ0v) is 9.95. The standard InChI is InChI=1S/C10H20BNS/c1-7(11)9-5-8(6-12-9)13-10(2,3)4/h7-9,12H,5-6H2,1-4H3/t7?,8?,9-/m0/s1. The van der Waals surface area contributed by atoms with Gasteiger partial charge in [0.05, 0.1) is 7.85 Å². The summed E-state index contributed by atoms with van der Waals surface area (Å²) in [4.78, 5) is 0. The van der Waals surface area contributed by atoms with Gasteiger partial charge in [-0.1, -0.05) is 33.5 Å². The molecular weight excluding hydrogens is 177 g/mol. The van der Waals surface area contributed by atoms with Crippen molar-refractivity contribution >= 4 is 19.6 Å². The van der Waals surface area contributed by atoms with Crippen LogP contribution in [0.5, 0.6) is 0 Å². The first kappa shape index (κ1) is 11.4. The van der Waals surface area contributed by atoms with Crippen molar-refractivity contribution in [3.63, 3.8) is 0 Å². The Kier molecular flexibility index (Phi) is 3.76. The molecule has 1 N–H and O–H groups in total. The van der Waals surface area contributed by atoms with Gasteiger partial charge in [-0.2, -0.15) is 11.8 Å². The fraction of sp³-hybridized carbons (Fsp3) is 1.00. The fourth-order valence-corrected chi connectivity index (χ4v) is 3.21. The molecule has 1 aliphatic heterocycles. The maximum Gasteiger partial charge on any atom is 0.0716 e. The van der Waals surface area contributed by atoms with E-state index in [2.05, 4.69) is 44.8 Å². The van der Waals surface area contributed by atoms with Crippen molar-refractivity contribution in [1.82, 2.24) is 5.32 Å². The largest absolute Gasteiger partial charge is 0.313 e. The minimum atomic E-state index is 0.283. The number of hydrogen-bond donors (Lipinski definition) is 1. The van der Waals surface area contributed by atoms with Crippen molar-refractivity contribution in [3.8, 4) is 0 Å². The highest BCUT2D eigenvalue weighted by Crippen LogP contribution is 2.34. The monoisotopic (exact) mass is 197 g/mol. The molecule has 0 aromatic carbocycles. The molecule has 13 heavy (non-hydrogen) atoms. The lowest BCUT2D eigenvalue weighted by Gasteiger charge is -2.22. The second kappa shape index (κ2) is 4.27. The molecule has 3 heteroatoms. The number of thioether (sulfide) groups is 1. The molecule has 3 atom stereocenters. The minimum absolute atomic E-state index is 0.283. The molecular formula is C10H20BNS. The van der Waals surface area contributed by atoms with Gasteiger partial charge in [0.2, 0.25) is 0 Å². The van der Waals surface area contributed by atoms with Gasteiger partial charge in [-0.3, -0.25) is 0 Å². The Hall–Kier alpha value is 0.375. The Bertz CT molecular complexity index is 165. The summed E-state index contributed by atoms with van der Waals surface area (Å²) in [6, 6.07) is 0.528. The molecule has 0 bridgehead atoms. The summed E-state index contributed by atoms with van der Waals surface area (Å²) in [7, 11) is 5.85. The predicted molar refractivity (Wildman–Crippen MR) is 62.7 cm³/mol. The van der Waals surface area contributed by atoms with Gasteiger partial charge >= 0.3 is 0 Å². The third kappa shape index (κ3) is 3.95. The van der Waals surface area contributed by atoms with Crippen molar-refractivity contribution in [1.29, 1.82) is 0 Å². The van der Waals surface area contributed by atoms with E-state index in [1.807, 2.05) is 0 Å². The van der Waals surface area contributed by atoms with Gasteiger partial charge in [0.15, 0.2) is 0 Å². The molecule has 1 saturated heterocycles. The van der Waals surface area contributed by atoms with Gasteiger partial charge in [0.25, 0.3) is 0 Å². The molecule has 0 aromatic rings. The van der Waals surface area contributed by atoms with E-state index in [0.717, 1.165) is 11.8 Å². The SMILES string of the molecule is [B]C(C)[C@@H]1CC(SC(C)(C)C)CN1. The third-order valence-electron chi connectivity index (χ3n) is 2.28. The van der Waals surface area contributed by atoms with Gasteiger partial charge in [-0.25, -0.2) is 0 Å². The van der Waals surface area contributed by atoms with Crippen molar-refractivity contribution < 1.29 is 0 Å². The van der Waals surface area contributed by atoms with E-state index >= 15 is 0 Å². The molecule has 1 rings (SSSR count). The van der Waals surface area contributed by atoms with Crippen LogP contribution in [0.15, 0.2) is 0 Å². The van der Waals surface area contributed by atoms with Crippen LogP contribution in [0.4, 0.5) is 0 Å². The van der Waals surface area contributed by atoms with Crippen molar-refractivity contribution in [2.24, 2.45) is 0 Å². The Morgan fingerprint density at radius 1 is 1.46 bits per heavy atom. The Morgan fingerprint density at radius 2 is 2.08 bits per heavy atom. The Balaban J connectivity index is 2.33. The maximum absolute atomic E-state index is 5.85. The van der Waals surface area contributed by atoms with Crippen LogP contribution in [0, 0.1) is 0 Å². The molecule has 1 fully saturated rings. The van der Waals surface area contributed by atoms with Crippen LogP contribution in [0.25, 0.3) is 0 Å². The highest BCUT2D eigenvalue weighted by molar-refractivity contribution is 8.01. The first-order valence-electron chi connectivity index (χ1n) is 5.05.